The molecule has 0 radical (unpaired) electrons. The largest absolute Gasteiger partial charge is 0.369 e. The molecular formula is C11H14ClN3S. The van der Waals surface area contributed by atoms with Crippen molar-refractivity contribution in [3.05, 3.63) is 16.2 Å². The molecule has 0 saturated heterocycles. The van der Waals surface area contributed by atoms with Crippen molar-refractivity contribution >= 4 is 39.0 Å². The van der Waals surface area contributed by atoms with Crippen molar-refractivity contribution in [1.82, 2.24) is 9.97 Å². The molecule has 1 N–H and O–H groups in total. The molecule has 5 heteroatoms. The van der Waals surface area contributed by atoms with Gasteiger partial charge in [0.1, 0.15) is 10.6 Å². The number of halogens is 1. The van der Waals surface area contributed by atoms with E-state index in [4.69, 9.17) is 11.6 Å². The van der Waals surface area contributed by atoms with Crippen LogP contribution in [0.4, 0.5) is 5.82 Å². The molecule has 3 nitrogen and oxygen atoms in total. The summed E-state index contributed by atoms with van der Waals surface area (Å²) in [7, 11) is 0. The Kier molecular flexibility index (Phi) is 3.61. The molecule has 2 rings (SSSR count). The number of unbranched alkanes of at least 4 members (excludes halogenated alkanes) is 1. The fraction of sp³-hybridized carbons (Fsp3) is 0.455. The van der Waals surface area contributed by atoms with Crippen molar-refractivity contribution in [2.24, 2.45) is 0 Å². The molecular weight excluding hydrogens is 242 g/mol. The van der Waals surface area contributed by atoms with Crippen molar-refractivity contribution in [2.75, 3.05) is 11.9 Å². The molecule has 0 aromatic carbocycles. The minimum Gasteiger partial charge on any atom is -0.369 e. The highest BCUT2D eigenvalue weighted by molar-refractivity contribution is 7.18. The van der Waals surface area contributed by atoms with E-state index in [0.29, 0.717) is 5.28 Å². The van der Waals surface area contributed by atoms with Crippen LogP contribution in [0.2, 0.25) is 5.28 Å². The van der Waals surface area contributed by atoms with Gasteiger partial charge >= 0.3 is 0 Å². The zero-order valence-corrected chi connectivity index (χ0v) is 11.0. The van der Waals surface area contributed by atoms with Gasteiger partial charge in [0.25, 0.3) is 0 Å². The van der Waals surface area contributed by atoms with Gasteiger partial charge in [-0.15, -0.1) is 11.3 Å². The van der Waals surface area contributed by atoms with E-state index in [1.807, 2.05) is 0 Å². The predicted molar refractivity (Wildman–Crippen MR) is 70.6 cm³/mol. The molecule has 0 amide bonds. The molecule has 0 atom stereocenters. The number of hydrogen-bond acceptors (Lipinski definition) is 4. The van der Waals surface area contributed by atoms with Gasteiger partial charge in [0.05, 0.1) is 5.39 Å². The van der Waals surface area contributed by atoms with Crippen LogP contribution in [0.5, 0.6) is 0 Å². The van der Waals surface area contributed by atoms with E-state index < -0.39 is 0 Å². The SMILES string of the molecule is CCCCNc1nc(Cl)nc2sc(C)cc12. The van der Waals surface area contributed by atoms with Crippen molar-refractivity contribution < 1.29 is 0 Å². The van der Waals surface area contributed by atoms with Crippen LogP contribution < -0.4 is 5.32 Å². The summed E-state index contributed by atoms with van der Waals surface area (Å²) in [6, 6.07) is 2.10. The van der Waals surface area contributed by atoms with Gasteiger partial charge < -0.3 is 5.32 Å². The van der Waals surface area contributed by atoms with Gasteiger partial charge in [0.15, 0.2) is 0 Å². The first-order valence-electron chi connectivity index (χ1n) is 5.38. The van der Waals surface area contributed by atoms with Crippen molar-refractivity contribution in [3.63, 3.8) is 0 Å². The topological polar surface area (TPSA) is 37.8 Å². The summed E-state index contributed by atoms with van der Waals surface area (Å²) in [5, 5.41) is 4.70. The van der Waals surface area contributed by atoms with Gasteiger partial charge in [-0.05, 0) is 31.0 Å². The second-order valence-corrected chi connectivity index (χ2v) is 5.27. The summed E-state index contributed by atoms with van der Waals surface area (Å²) in [6.45, 7) is 5.16. The highest BCUT2D eigenvalue weighted by Gasteiger charge is 2.08. The zero-order chi connectivity index (χ0) is 11.5. The Hall–Kier alpha value is -0.870. The molecule has 0 saturated carbocycles. The van der Waals surface area contributed by atoms with Crippen molar-refractivity contribution in [3.8, 4) is 0 Å². The van der Waals surface area contributed by atoms with Gasteiger partial charge in [0.2, 0.25) is 5.28 Å². The Labute approximate surface area is 104 Å². The average Bonchev–Trinajstić information content (AvgIpc) is 2.58. The van der Waals surface area contributed by atoms with Gasteiger partial charge in [-0.25, -0.2) is 9.97 Å². The summed E-state index contributed by atoms with van der Waals surface area (Å²) in [6.07, 6.45) is 2.30. The fourth-order valence-corrected chi connectivity index (χ4v) is 2.63. The van der Waals surface area contributed by atoms with E-state index in [1.54, 1.807) is 11.3 Å². The average molecular weight is 256 g/mol. The second-order valence-electron chi connectivity index (χ2n) is 3.70. The van der Waals surface area contributed by atoms with Crippen LogP contribution in [-0.4, -0.2) is 16.5 Å². The Morgan fingerprint density at radius 2 is 2.25 bits per heavy atom. The standard InChI is InChI=1S/C11H14ClN3S/c1-3-4-5-13-9-8-6-7(2)16-10(8)15-11(12)14-9/h6H,3-5H2,1-2H3,(H,13,14,15). The van der Waals surface area contributed by atoms with E-state index >= 15 is 0 Å². The second kappa shape index (κ2) is 4.97. The Bertz CT molecular complexity index is 495. The number of hydrogen-bond donors (Lipinski definition) is 1. The summed E-state index contributed by atoms with van der Waals surface area (Å²) in [5.41, 5.74) is 0. The number of nitrogens with zero attached hydrogens (tertiary/aromatic N) is 2. The lowest BCUT2D eigenvalue weighted by atomic mass is 10.3. The van der Waals surface area contributed by atoms with Crippen molar-refractivity contribution in [1.29, 1.82) is 0 Å². The van der Waals surface area contributed by atoms with Gasteiger partial charge in [-0.3, -0.25) is 0 Å². The number of aromatic nitrogens is 2. The molecule has 2 aromatic rings. The van der Waals surface area contributed by atoms with E-state index in [-0.39, 0.29) is 0 Å². The number of aryl methyl sites for hydroxylation is 1. The maximum atomic E-state index is 5.89. The lowest BCUT2D eigenvalue weighted by Crippen LogP contribution is -2.03. The number of anilines is 1. The quantitative estimate of drug-likeness (QED) is 0.666. The van der Waals surface area contributed by atoms with Crippen LogP contribution in [0.1, 0.15) is 24.6 Å². The Morgan fingerprint density at radius 3 is 3.00 bits per heavy atom. The van der Waals surface area contributed by atoms with Gasteiger partial charge in [-0.2, -0.15) is 0 Å². The van der Waals surface area contributed by atoms with Crippen LogP contribution in [0.3, 0.4) is 0 Å². The lowest BCUT2D eigenvalue weighted by Gasteiger charge is -2.05. The Morgan fingerprint density at radius 1 is 1.44 bits per heavy atom. The zero-order valence-electron chi connectivity index (χ0n) is 9.38. The van der Waals surface area contributed by atoms with Crippen LogP contribution in [0, 0.1) is 6.92 Å². The monoisotopic (exact) mass is 255 g/mol. The van der Waals surface area contributed by atoms with Gasteiger partial charge in [0, 0.05) is 11.4 Å². The third kappa shape index (κ3) is 2.44. The van der Waals surface area contributed by atoms with Crippen molar-refractivity contribution in [2.45, 2.75) is 26.7 Å². The minimum atomic E-state index is 0.313. The Balaban J connectivity index is 2.34. The molecule has 2 aromatic heterocycles. The van der Waals surface area contributed by atoms with E-state index in [2.05, 4.69) is 35.2 Å². The van der Waals surface area contributed by atoms with Gasteiger partial charge in [-0.1, -0.05) is 13.3 Å². The molecule has 16 heavy (non-hydrogen) atoms. The molecule has 0 spiro atoms. The molecule has 86 valence electrons. The van der Waals surface area contributed by atoms with E-state index in [0.717, 1.165) is 35.4 Å². The predicted octanol–water partition coefficient (Wildman–Crippen LogP) is 3.87. The fourth-order valence-electron chi connectivity index (χ4n) is 1.53. The first kappa shape index (κ1) is 11.6. The number of rotatable bonds is 4. The number of fused-ring (bicyclic) bond motifs is 1. The molecule has 0 fully saturated rings. The summed E-state index contributed by atoms with van der Waals surface area (Å²) < 4.78 is 0. The van der Waals surface area contributed by atoms with Crippen LogP contribution in [-0.2, 0) is 0 Å². The third-order valence-electron chi connectivity index (χ3n) is 2.31. The highest BCUT2D eigenvalue weighted by Crippen LogP contribution is 2.29. The number of nitrogens with one attached hydrogen (secondary N) is 1. The molecule has 0 aliphatic rings. The first-order valence-corrected chi connectivity index (χ1v) is 6.57. The molecule has 0 aliphatic heterocycles. The maximum Gasteiger partial charge on any atom is 0.225 e. The maximum absolute atomic E-state index is 5.89. The summed E-state index contributed by atoms with van der Waals surface area (Å²) in [5.74, 6) is 0.854. The summed E-state index contributed by atoms with van der Waals surface area (Å²) >= 11 is 7.53. The van der Waals surface area contributed by atoms with E-state index in [1.165, 1.54) is 4.88 Å². The smallest absolute Gasteiger partial charge is 0.225 e. The first-order chi connectivity index (χ1) is 7.70. The normalized spacial score (nSPS) is 10.9. The number of thiophene rings is 1. The lowest BCUT2D eigenvalue weighted by molar-refractivity contribution is 0.831. The molecule has 0 aliphatic carbocycles. The highest BCUT2D eigenvalue weighted by atomic mass is 35.5. The summed E-state index contributed by atoms with van der Waals surface area (Å²) in [4.78, 5) is 10.6. The third-order valence-corrected chi connectivity index (χ3v) is 3.42. The van der Waals surface area contributed by atoms with Crippen LogP contribution in [0.25, 0.3) is 10.2 Å². The molecule has 2 heterocycles. The van der Waals surface area contributed by atoms with E-state index in [9.17, 15) is 0 Å². The molecule has 0 unspecified atom stereocenters. The minimum absolute atomic E-state index is 0.313. The van der Waals surface area contributed by atoms with Crippen LogP contribution in [0.15, 0.2) is 6.07 Å². The molecule has 0 bridgehead atoms. The van der Waals surface area contributed by atoms with Crippen LogP contribution >= 0.6 is 22.9 Å².